The second-order valence-electron chi connectivity index (χ2n) is 3.42. The molecule has 0 unspecified atom stereocenters. The number of hydrogen-bond acceptors (Lipinski definition) is 2. The van der Waals surface area contributed by atoms with Crippen LogP contribution < -0.4 is 10.6 Å². The van der Waals surface area contributed by atoms with Gasteiger partial charge >= 0.3 is 0 Å². The van der Waals surface area contributed by atoms with Gasteiger partial charge in [-0.3, -0.25) is 0 Å². The van der Waals surface area contributed by atoms with Gasteiger partial charge in [-0.2, -0.15) is 0 Å². The van der Waals surface area contributed by atoms with E-state index in [2.05, 4.69) is 44.1 Å². The van der Waals surface area contributed by atoms with E-state index in [4.69, 9.17) is 5.73 Å². The van der Waals surface area contributed by atoms with Gasteiger partial charge in [-0.15, -0.1) is 0 Å². The molecule has 0 amide bonds. The standard InChI is InChI=1S/C11H18N2/c1-4-10-7-9(8-12)5-6-11(10)13(2)3/h5-7H,4,8,12H2,1-3H3. The minimum Gasteiger partial charge on any atom is -0.377 e. The van der Waals surface area contributed by atoms with Crippen molar-refractivity contribution in [2.45, 2.75) is 19.9 Å². The summed E-state index contributed by atoms with van der Waals surface area (Å²) in [7, 11) is 4.13. The highest BCUT2D eigenvalue weighted by atomic mass is 15.1. The van der Waals surface area contributed by atoms with E-state index in [1.807, 2.05) is 0 Å². The average Bonchev–Trinajstić information content (AvgIpc) is 2.16. The van der Waals surface area contributed by atoms with E-state index in [1.165, 1.54) is 16.8 Å². The van der Waals surface area contributed by atoms with Gasteiger partial charge in [0.1, 0.15) is 0 Å². The molecule has 0 aliphatic heterocycles. The van der Waals surface area contributed by atoms with Gasteiger partial charge in [0.25, 0.3) is 0 Å². The van der Waals surface area contributed by atoms with Gasteiger partial charge in [-0.1, -0.05) is 19.1 Å². The summed E-state index contributed by atoms with van der Waals surface area (Å²) in [4.78, 5) is 2.14. The summed E-state index contributed by atoms with van der Waals surface area (Å²) >= 11 is 0. The maximum atomic E-state index is 5.59. The van der Waals surface area contributed by atoms with E-state index in [0.29, 0.717) is 6.54 Å². The van der Waals surface area contributed by atoms with Gasteiger partial charge in [-0.25, -0.2) is 0 Å². The zero-order valence-electron chi connectivity index (χ0n) is 8.67. The first-order chi connectivity index (χ1) is 6.19. The maximum absolute atomic E-state index is 5.59. The van der Waals surface area contributed by atoms with E-state index in [0.717, 1.165) is 6.42 Å². The SMILES string of the molecule is CCc1cc(CN)ccc1N(C)C. The Labute approximate surface area is 80.4 Å². The van der Waals surface area contributed by atoms with Gasteiger partial charge in [-0.05, 0) is 23.6 Å². The fraction of sp³-hybridized carbons (Fsp3) is 0.455. The highest BCUT2D eigenvalue weighted by Gasteiger charge is 2.02. The van der Waals surface area contributed by atoms with Gasteiger partial charge in [0, 0.05) is 26.3 Å². The van der Waals surface area contributed by atoms with E-state index in [9.17, 15) is 0 Å². The van der Waals surface area contributed by atoms with Crippen molar-refractivity contribution in [3.8, 4) is 0 Å². The van der Waals surface area contributed by atoms with Gasteiger partial charge < -0.3 is 10.6 Å². The van der Waals surface area contributed by atoms with Crippen LogP contribution in [0.3, 0.4) is 0 Å². The van der Waals surface area contributed by atoms with Crippen molar-refractivity contribution >= 4 is 5.69 Å². The fourth-order valence-corrected chi connectivity index (χ4v) is 1.49. The molecule has 0 aliphatic rings. The third-order valence-electron chi connectivity index (χ3n) is 2.24. The summed E-state index contributed by atoms with van der Waals surface area (Å²) in [6.07, 6.45) is 1.06. The molecule has 0 saturated carbocycles. The Morgan fingerprint density at radius 1 is 1.31 bits per heavy atom. The number of hydrogen-bond donors (Lipinski definition) is 1. The highest BCUT2D eigenvalue weighted by Crippen LogP contribution is 2.20. The Morgan fingerprint density at radius 2 is 2.00 bits per heavy atom. The molecule has 1 aromatic rings. The molecule has 0 bridgehead atoms. The van der Waals surface area contributed by atoms with Crippen molar-refractivity contribution in [1.29, 1.82) is 0 Å². The fourth-order valence-electron chi connectivity index (χ4n) is 1.49. The zero-order chi connectivity index (χ0) is 9.84. The first-order valence-electron chi connectivity index (χ1n) is 4.68. The molecule has 0 atom stereocenters. The van der Waals surface area contributed by atoms with Crippen LogP contribution in [-0.4, -0.2) is 14.1 Å². The number of nitrogens with two attached hydrogens (primary N) is 1. The van der Waals surface area contributed by atoms with Crippen molar-refractivity contribution in [2.75, 3.05) is 19.0 Å². The summed E-state index contributed by atoms with van der Waals surface area (Å²) < 4.78 is 0. The van der Waals surface area contributed by atoms with Crippen LogP contribution in [0, 0.1) is 0 Å². The molecule has 0 radical (unpaired) electrons. The van der Waals surface area contributed by atoms with Crippen molar-refractivity contribution in [3.63, 3.8) is 0 Å². The number of anilines is 1. The second-order valence-corrected chi connectivity index (χ2v) is 3.42. The molecular weight excluding hydrogens is 160 g/mol. The summed E-state index contributed by atoms with van der Waals surface area (Å²) in [6, 6.07) is 6.42. The van der Waals surface area contributed by atoms with Gasteiger partial charge in [0.2, 0.25) is 0 Å². The highest BCUT2D eigenvalue weighted by molar-refractivity contribution is 5.54. The van der Waals surface area contributed by atoms with Crippen LogP contribution in [0.1, 0.15) is 18.1 Å². The van der Waals surface area contributed by atoms with Crippen LogP contribution in [-0.2, 0) is 13.0 Å². The van der Waals surface area contributed by atoms with Crippen LogP contribution >= 0.6 is 0 Å². The van der Waals surface area contributed by atoms with Gasteiger partial charge in [0.15, 0.2) is 0 Å². The number of benzene rings is 1. The molecule has 0 spiro atoms. The summed E-state index contributed by atoms with van der Waals surface area (Å²) in [6.45, 7) is 2.79. The maximum Gasteiger partial charge on any atom is 0.0393 e. The summed E-state index contributed by atoms with van der Waals surface area (Å²) in [5.41, 5.74) is 9.46. The second kappa shape index (κ2) is 4.28. The predicted octanol–water partition coefficient (Wildman–Crippen LogP) is 1.77. The molecule has 72 valence electrons. The Balaban J connectivity index is 3.08. The molecule has 2 N–H and O–H groups in total. The Morgan fingerprint density at radius 3 is 2.46 bits per heavy atom. The predicted molar refractivity (Wildman–Crippen MR) is 58.0 cm³/mol. The molecule has 0 aliphatic carbocycles. The lowest BCUT2D eigenvalue weighted by molar-refractivity contribution is 1.02. The lowest BCUT2D eigenvalue weighted by Crippen LogP contribution is -2.11. The van der Waals surface area contributed by atoms with Crippen LogP contribution in [0.4, 0.5) is 5.69 Å². The molecule has 0 heterocycles. The summed E-state index contributed by atoms with van der Waals surface area (Å²) in [5, 5.41) is 0. The van der Waals surface area contributed by atoms with Crippen LogP contribution in [0.15, 0.2) is 18.2 Å². The van der Waals surface area contributed by atoms with Crippen molar-refractivity contribution in [1.82, 2.24) is 0 Å². The molecule has 1 rings (SSSR count). The Hall–Kier alpha value is -1.02. The van der Waals surface area contributed by atoms with Crippen molar-refractivity contribution < 1.29 is 0 Å². The lowest BCUT2D eigenvalue weighted by atomic mass is 10.1. The van der Waals surface area contributed by atoms with Crippen molar-refractivity contribution in [2.24, 2.45) is 5.73 Å². The molecule has 0 saturated heterocycles. The Bertz CT molecular complexity index is 279. The van der Waals surface area contributed by atoms with Gasteiger partial charge in [0.05, 0.1) is 0 Å². The summed E-state index contributed by atoms with van der Waals surface area (Å²) in [5.74, 6) is 0. The Kier molecular flexibility index (Phi) is 3.32. The topological polar surface area (TPSA) is 29.3 Å². The lowest BCUT2D eigenvalue weighted by Gasteiger charge is -2.17. The van der Waals surface area contributed by atoms with E-state index >= 15 is 0 Å². The van der Waals surface area contributed by atoms with E-state index in [1.54, 1.807) is 0 Å². The molecule has 2 nitrogen and oxygen atoms in total. The van der Waals surface area contributed by atoms with Crippen LogP contribution in [0.2, 0.25) is 0 Å². The first kappa shape index (κ1) is 10.1. The van der Waals surface area contributed by atoms with E-state index < -0.39 is 0 Å². The van der Waals surface area contributed by atoms with Crippen molar-refractivity contribution in [3.05, 3.63) is 29.3 Å². The zero-order valence-corrected chi connectivity index (χ0v) is 8.67. The molecule has 2 heteroatoms. The molecule has 13 heavy (non-hydrogen) atoms. The monoisotopic (exact) mass is 178 g/mol. The average molecular weight is 178 g/mol. The molecule has 0 fully saturated rings. The number of nitrogens with zero attached hydrogens (tertiary/aromatic N) is 1. The third kappa shape index (κ3) is 2.22. The minimum absolute atomic E-state index is 0.626. The quantitative estimate of drug-likeness (QED) is 0.764. The molecular formula is C11H18N2. The first-order valence-corrected chi connectivity index (χ1v) is 4.68. The number of aryl methyl sites for hydroxylation is 1. The largest absolute Gasteiger partial charge is 0.377 e. The minimum atomic E-state index is 0.626. The van der Waals surface area contributed by atoms with Crippen LogP contribution in [0.5, 0.6) is 0 Å². The smallest absolute Gasteiger partial charge is 0.0393 e. The molecule has 1 aromatic carbocycles. The van der Waals surface area contributed by atoms with Crippen LogP contribution in [0.25, 0.3) is 0 Å². The number of rotatable bonds is 3. The normalized spacial score (nSPS) is 10.2. The molecule has 0 aromatic heterocycles. The third-order valence-corrected chi connectivity index (χ3v) is 2.24. The van der Waals surface area contributed by atoms with E-state index in [-0.39, 0.29) is 0 Å².